The van der Waals surface area contributed by atoms with E-state index in [-0.39, 0.29) is 5.91 Å². The van der Waals surface area contributed by atoms with Gasteiger partial charge in [-0.3, -0.25) is 4.79 Å². The van der Waals surface area contributed by atoms with Crippen molar-refractivity contribution < 1.29 is 4.79 Å². The Bertz CT molecular complexity index is 692. The fourth-order valence-electron chi connectivity index (χ4n) is 2.93. The van der Waals surface area contributed by atoms with Gasteiger partial charge in [-0.15, -0.1) is 0 Å². The van der Waals surface area contributed by atoms with Crippen LogP contribution in [0.1, 0.15) is 28.2 Å². The number of aromatic nitrogens is 3. The summed E-state index contributed by atoms with van der Waals surface area (Å²) in [6.07, 6.45) is 2.67. The summed E-state index contributed by atoms with van der Waals surface area (Å²) in [5, 5.41) is 4.42. The highest BCUT2D eigenvalue weighted by atomic mass is 16.2. The maximum atomic E-state index is 12.6. The van der Waals surface area contributed by atoms with Crippen LogP contribution in [0.2, 0.25) is 0 Å². The van der Waals surface area contributed by atoms with Gasteiger partial charge in [0.15, 0.2) is 5.82 Å². The van der Waals surface area contributed by atoms with Crippen molar-refractivity contribution in [2.75, 3.05) is 33.2 Å². The first-order valence-corrected chi connectivity index (χ1v) is 8.02. The van der Waals surface area contributed by atoms with Gasteiger partial charge < -0.3 is 9.80 Å². The molecule has 2 aromatic heterocycles. The molecule has 1 saturated heterocycles. The van der Waals surface area contributed by atoms with Gasteiger partial charge in [-0.2, -0.15) is 5.10 Å². The molecule has 1 aliphatic heterocycles. The van der Waals surface area contributed by atoms with Crippen LogP contribution < -0.4 is 0 Å². The molecule has 0 spiro atoms. The minimum atomic E-state index is 0.0627. The first kappa shape index (κ1) is 15.7. The van der Waals surface area contributed by atoms with Crippen molar-refractivity contribution in [2.24, 2.45) is 0 Å². The third-order valence-corrected chi connectivity index (χ3v) is 4.23. The number of aryl methyl sites for hydroxylation is 2. The average Bonchev–Trinajstić information content (AvgIpc) is 2.74. The molecule has 0 aromatic carbocycles. The Hall–Kier alpha value is -2.21. The van der Waals surface area contributed by atoms with Crippen LogP contribution in [0.5, 0.6) is 0 Å². The molecular formula is C17H23N5O. The summed E-state index contributed by atoms with van der Waals surface area (Å²) in [7, 11) is 2.10. The largest absolute Gasteiger partial charge is 0.337 e. The summed E-state index contributed by atoms with van der Waals surface area (Å²) < 4.78 is 1.80. The number of rotatable bonds is 2. The first-order valence-electron chi connectivity index (χ1n) is 8.02. The molecule has 0 unspecified atom stereocenters. The van der Waals surface area contributed by atoms with Crippen molar-refractivity contribution in [1.82, 2.24) is 24.6 Å². The lowest BCUT2D eigenvalue weighted by molar-refractivity contribution is 0.0762. The van der Waals surface area contributed by atoms with E-state index in [1.165, 1.54) is 0 Å². The van der Waals surface area contributed by atoms with Crippen LogP contribution in [0.15, 0.2) is 24.4 Å². The van der Waals surface area contributed by atoms with Gasteiger partial charge in [-0.05, 0) is 52.1 Å². The van der Waals surface area contributed by atoms with Crippen LogP contribution in [-0.2, 0) is 0 Å². The van der Waals surface area contributed by atoms with Crippen molar-refractivity contribution in [3.63, 3.8) is 0 Å². The first-order chi connectivity index (χ1) is 11.0. The van der Waals surface area contributed by atoms with Gasteiger partial charge in [0.2, 0.25) is 0 Å². The lowest BCUT2D eigenvalue weighted by Crippen LogP contribution is -2.34. The normalized spacial score (nSPS) is 16.4. The number of nitrogens with zero attached hydrogens (tertiary/aromatic N) is 5. The van der Waals surface area contributed by atoms with Crippen LogP contribution in [0.4, 0.5) is 0 Å². The molecular weight excluding hydrogens is 290 g/mol. The Morgan fingerprint density at radius 2 is 1.96 bits per heavy atom. The Balaban J connectivity index is 1.76. The summed E-state index contributed by atoms with van der Waals surface area (Å²) in [6.45, 7) is 7.49. The molecule has 122 valence electrons. The number of pyridine rings is 1. The maximum absolute atomic E-state index is 12.6. The summed E-state index contributed by atoms with van der Waals surface area (Å²) >= 11 is 0. The van der Waals surface area contributed by atoms with E-state index < -0.39 is 0 Å². The summed E-state index contributed by atoms with van der Waals surface area (Å²) in [6, 6.07) is 5.71. The van der Waals surface area contributed by atoms with Gasteiger partial charge in [-0.25, -0.2) is 9.67 Å². The van der Waals surface area contributed by atoms with Gasteiger partial charge in [0.25, 0.3) is 5.91 Å². The van der Waals surface area contributed by atoms with Crippen LogP contribution in [0.25, 0.3) is 5.82 Å². The molecule has 6 nitrogen and oxygen atoms in total. The molecule has 1 fully saturated rings. The quantitative estimate of drug-likeness (QED) is 0.846. The molecule has 3 rings (SSSR count). The summed E-state index contributed by atoms with van der Waals surface area (Å²) in [4.78, 5) is 21.2. The third-order valence-electron chi connectivity index (χ3n) is 4.23. The zero-order chi connectivity index (χ0) is 16.4. The molecule has 0 atom stereocenters. The maximum Gasteiger partial charge on any atom is 0.255 e. The van der Waals surface area contributed by atoms with Crippen LogP contribution >= 0.6 is 0 Å². The Morgan fingerprint density at radius 3 is 2.61 bits per heavy atom. The van der Waals surface area contributed by atoms with E-state index in [0.717, 1.165) is 49.8 Å². The van der Waals surface area contributed by atoms with E-state index in [1.54, 1.807) is 10.9 Å². The molecule has 0 aliphatic carbocycles. The van der Waals surface area contributed by atoms with Crippen LogP contribution in [-0.4, -0.2) is 63.7 Å². The minimum Gasteiger partial charge on any atom is -0.337 e. The molecule has 1 amide bonds. The number of carbonyl (C=O) groups is 1. The van der Waals surface area contributed by atoms with Crippen molar-refractivity contribution in [2.45, 2.75) is 20.3 Å². The number of hydrogen-bond acceptors (Lipinski definition) is 4. The number of amides is 1. The highest BCUT2D eigenvalue weighted by molar-refractivity contribution is 5.94. The second-order valence-electron chi connectivity index (χ2n) is 6.19. The Labute approximate surface area is 136 Å². The lowest BCUT2D eigenvalue weighted by atomic mass is 10.2. The van der Waals surface area contributed by atoms with Gasteiger partial charge in [0, 0.05) is 31.5 Å². The zero-order valence-electron chi connectivity index (χ0n) is 14.0. The van der Waals surface area contributed by atoms with E-state index >= 15 is 0 Å². The van der Waals surface area contributed by atoms with E-state index in [0.29, 0.717) is 5.56 Å². The summed E-state index contributed by atoms with van der Waals surface area (Å²) in [5.41, 5.74) is 2.63. The predicted octanol–water partition coefficient (Wildman–Crippen LogP) is 1.66. The number of hydrogen-bond donors (Lipinski definition) is 0. The van der Waals surface area contributed by atoms with E-state index in [4.69, 9.17) is 0 Å². The standard InChI is InChI=1S/C17H23N5O/c1-13-11-14(2)22(19-13)16-6-5-15(12-18-16)17(23)21-8-4-7-20(3)9-10-21/h5-6,11-12H,4,7-10H2,1-3H3. The van der Waals surface area contributed by atoms with Crippen molar-refractivity contribution in [3.05, 3.63) is 41.3 Å². The van der Waals surface area contributed by atoms with E-state index in [2.05, 4.69) is 22.0 Å². The molecule has 0 N–H and O–H groups in total. The topological polar surface area (TPSA) is 54.3 Å². The van der Waals surface area contributed by atoms with Crippen molar-refractivity contribution >= 4 is 5.91 Å². The third kappa shape index (κ3) is 3.42. The van der Waals surface area contributed by atoms with Crippen molar-refractivity contribution in [1.29, 1.82) is 0 Å². The molecule has 3 heterocycles. The minimum absolute atomic E-state index is 0.0627. The monoisotopic (exact) mass is 313 g/mol. The van der Waals surface area contributed by atoms with Crippen LogP contribution in [0.3, 0.4) is 0 Å². The number of carbonyl (C=O) groups excluding carboxylic acids is 1. The number of likely N-dealkylation sites (N-methyl/N-ethyl adjacent to an activating group) is 1. The van der Waals surface area contributed by atoms with Gasteiger partial charge >= 0.3 is 0 Å². The molecule has 1 aliphatic rings. The molecule has 6 heteroatoms. The van der Waals surface area contributed by atoms with Crippen molar-refractivity contribution in [3.8, 4) is 5.82 Å². The SMILES string of the molecule is Cc1cc(C)n(-c2ccc(C(=O)N3CCCN(C)CC3)cn2)n1. The average molecular weight is 313 g/mol. The fourth-order valence-corrected chi connectivity index (χ4v) is 2.93. The molecule has 2 aromatic rings. The summed E-state index contributed by atoms with van der Waals surface area (Å²) in [5.74, 6) is 0.801. The molecule has 23 heavy (non-hydrogen) atoms. The molecule has 0 radical (unpaired) electrons. The van der Waals surface area contributed by atoms with Crippen LogP contribution in [0, 0.1) is 13.8 Å². The fraction of sp³-hybridized carbons (Fsp3) is 0.471. The molecule has 0 saturated carbocycles. The second-order valence-corrected chi connectivity index (χ2v) is 6.19. The Kier molecular flexibility index (Phi) is 4.43. The zero-order valence-corrected chi connectivity index (χ0v) is 14.0. The van der Waals surface area contributed by atoms with Gasteiger partial charge in [0.05, 0.1) is 11.3 Å². The highest BCUT2D eigenvalue weighted by Crippen LogP contribution is 2.12. The van der Waals surface area contributed by atoms with E-state index in [9.17, 15) is 4.79 Å². The molecule has 0 bridgehead atoms. The highest BCUT2D eigenvalue weighted by Gasteiger charge is 2.19. The second kappa shape index (κ2) is 6.50. The predicted molar refractivity (Wildman–Crippen MR) is 88.9 cm³/mol. The smallest absolute Gasteiger partial charge is 0.255 e. The lowest BCUT2D eigenvalue weighted by Gasteiger charge is -2.20. The van der Waals surface area contributed by atoms with Gasteiger partial charge in [-0.1, -0.05) is 0 Å². The van der Waals surface area contributed by atoms with Gasteiger partial charge in [0.1, 0.15) is 0 Å². The Morgan fingerprint density at radius 1 is 1.13 bits per heavy atom. The van der Waals surface area contributed by atoms with E-state index in [1.807, 2.05) is 36.9 Å².